The second-order valence-corrected chi connectivity index (χ2v) is 6.59. The molecule has 0 radical (unpaired) electrons. The van der Waals surface area contributed by atoms with Gasteiger partial charge in [0.15, 0.2) is 0 Å². The topological polar surface area (TPSA) is 69.6 Å². The minimum absolute atomic E-state index is 0.0145. The van der Waals surface area contributed by atoms with Gasteiger partial charge < -0.3 is 15.3 Å². The molecule has 0 heterocycles. The molecule has 0 aliphatic heterocycles. The summed E-state index contributed by atoms with van der Waals surface area (Å²) in [5.41, 5.74) is 0. The van der Waals surface area contributed by atoms with Gasteiger partial charge in [-0.3, -0.25) is 4.79 Å². The van der Waals surface area contributed by atoms with E-state index in [-0.39, 0.29) is 18.0 Å². The average Bonchev–Trinajstić information content (AvgIpc) is 2.76. The Bertz CT molecular complexity index is 357. The van der Waals surface area contributed by atoms with Crippen molar-refractivity contribution in [1.82, 2.24) is 10.2 Å². The summed E-state index contributed by atoms with van der Waals surface area (Å²) in [6, 6.07) is 0.518. The number of aliphatic carboxylic acids is 1. The van der Waals surface area contributed by atoms with Crippen LogP contribution in [0.25, 0.3) is 0 Å². The van der Waals surface area contributed by atoms with E-state index in [0.29, 0.717) is 18.9 Å². The van der Waals surface area contributed by atoms with Crippen LogP contribution in [-0.4, -0.2) is 41.1 Å². The molecule has 2 N–H and O–H groups in total. The summed E-state index contributed by atoms with van der Waals surface area (Å²) >= 11 is 0. The van der Waals surface area contributed by atoms with E-state index >= 15 is 0 Å². The van der Waals surface area contributed by atoms with Crippen LogP contribution in [-0.2, 0) is 4.79 Å². The first-order valence-electron chi connectivity index (χ1n) is 8.34. The van der Waals surface area contributed by atoms with Crippen LogP contribution < -0.4 is 5.32 Å². The molecule has 0 aromatic rings. The number of carbonyl (C=O) groups is 2. The summed E-state index contributed by atoms with van der Waals surface area (Å²) in [6.07, 6.45) is 10.1. The van der Waals surface area contributed by atoms with Crippen LogP contribution >= 0.6 is 0 Å². The van der Waals surface area contributed by atoms with Gasteiger partial charge in [-0.1, -0.05) is 25.7 Å². The van der Waals surface area contributed by atoms with E-state index in [1.807, 2.05) is 11.9 Å². The first-order valence-corrected chi connectivity index (χ1v) is 8.34. The smallest absolute Gasteiger partial charge is 0.317 e. The van der Waals surface area contributed by atoms with Crippen molar-refractivity contribution >= 4 is 12.0 Å². The Morgan fingerprint density at radius 1 is 0.952 bits per heavy atom. The number of carbonyl (C=O) groups excluding carboxylic acids is 1. The zero-order chi connectivity index (χ0) is 15.2. The number of nitrogens with one attached hydrogen (secondary N) is 1. The van der Waals surface area contributed by atoms with Gasteiger partial charge in [0.1, 0.15) is 0 Å². The summed E-state index contributed by atoms with van der Waals surface area (Å²) in [5.74, 6) is -0.923. The number of nitrogens with zero attached hydrogens (tertiary/aromatic N) is 1. The third kappa shape index (κ3) is 4.61. The van der Waals surface area contributed by atoms with E-state index in [1.54, 1.807) is 0 Å². The van der Waals surface area contributed by atoms with Crippen LogP contribution in [0.3, 0.4) is 0 Å². The molecule has 2 rings (SSSR count). The molecule has 2 aliphatic carbocycles. The highest BCUT2D eigenvalue weighted by molar-refractivity contribution is 5.74. The molecule has 0 aromatic heterocycles. The van der Waals surface area contributed by atoms with Crippen LogP contribution in [0.15, 0.2) is 0 Å². The van der Waals surface area contributed by atoms with Crippen molar-refractivity contribution in [2.75, 3.05) is 7.05 Å². The van der Waals surface area contributed by atoms with Crippen molar-refractivity contribution < 1.29 is 14.7 Å². The van der Waals surface area contributed by atoms with Crippen molar-refractivity contribution in [3.63, 3.8) is 0 Å². The van der Waals surface area contributed by atoms with Gasteiger partial charge in [0.25, 0.3) is 0 Å². The third-order valence-electron chi connectivity index (χ3n) is 5.10. The molecule has 120 valence electrons. The number of hydrogen-bond donors (Lipinski definition) is 2. The lowest BCUT2D eigenvalue weighted by Crippen LogP contribution is -2.48. The molecule has 21 heavy (non-hydrogen) atoms. The summed E-state index contributed by atoms with van der Waals surface area (Å²) in [4.78, 5) is 25.1. The highest BCUT2D eigenvalue weighted by Gasteiger charge is 2.28. The number of urea groups is 1. The predicted octanol–water partition coefficient (Wildman–Crippen LogP) is 2.99. The molecular formula is C16H28N2O3. The molecular weight excluding hydrogens is 268 g/mol. The third-order valence-corrected chi connectivity index (χ3v) is 5.10. The second-order valence-electron chi connectivity index (χ2n) is 6.59. The van der Waals surface area contributed by atoms with Gasteiger partial charge >= 0.3 is 12.0 Å². The fourth-order valence-electron chi connectivity index (χ4n) is 3.57. The Balaban J connectivity index is 1.77. The van der Waals surface area contributed by atoms with E-state index in [2.05, 4.69) is 5.32 Å². The summed E-state index contributed by atoms with van der Waals surface area (Å²) in [7, 11) is 1.90. The van der Waals surface area contributed by atoms with E-state index in [0.717, 1.165) is 25.7 Å². The van der Waals surface area contributed by atoms with Gasteiger partial charge in [-0.05, 0) is 38.5 Å². The maximum Gasteiger partial charge on any atom is 0.317 e. The molecule has 0 unspecified atom stereocenters. The van der Waals surface area contributed by atoms with Gasteiger partial charge in [-0.2, -0.15) is 0 Å². The SMILES string of the molecule is CN(C(=O)NC1CCC(C(=O)O)CC1)C1CCCCCC1. The molecule has 2 amide bonds. The Hall–Kier alpha value is -1.26. The molecule has 5 nitrogen and oxygen atoms in total. The Kier molecular flexibility index (Phi) is 5.88. The van der Waals surface area contributed by atoms with Crippen molar-refractivity contribution in [2.24, 2.45) is 5.92 Å². The highest BCUT2D eigenvalue weighted by atomic mass is 16.4. The van der Waals surface area contributed by atoms with Crippen LogP contribution in [0.2, 0.25) is 0 Å². The predicted molar refractivity (Wildman–Crippen MR) is 81.2 cm³/mol. The lowest BCUT2D eigenvalue weighted by molar-refractivity contribution is -0.142. The van der Waals surface area contributed by atoms with E-state index in [4.69, 9.17) is 5.11 Å². The number of carboxylic acids is 1. The van der Waals surface area contributed by atoms with Gasteiger partial charge in [0, 0.05) is 19.1 Å². The van der Waals surface area contributed by atoms with Gasteiger partial charge in [-0.15, -0.1) is 0 Å². The van der Waals surface area contributed by atoms with Gasteiger partial charge in [-0.25, -0.2) is 4.79 Å². The first kappa shape index (κ1) is 16.1. The molecule has 0 spiro atoms. The molecule has 0 atom stereocenters. The Morgan fingerprint density at radius 3 is 2.05 bits per heavy atom. The van der Waals surface area contributed by atoms with Crippen molar-refractivity contribution in [3.05, 3.63) is 0 Å². The van der Waals surface area contributed by atoms with E-state index in [9.17, 15) is 9.59 Å². The molecule has 2 aliphatic rings. The number of rotatable bonds is 3. The Morgan fingerprint density at radius 2 is 1.52 bits per heavy atom. The maximum absolute atomic E-state index is 12.3. The number of hydrogen-bond acceptors (Lipinski definition) is 2. The largest absolute Gasteiger partial charge is 0.481 e. The summed E-state index contributed by atoms with van der Waals surface area (Å²) < 4.78 is 0. The highest BCUT2D eigenvalue weighted by Crippen LogP contribution is 2.25. The van der Waals surface area contributed by atoms with E-state index in [1.165, 1.54) is 25.7 Å². The van der Waals surface area contributed by atoms with Crippen LogP contribution in [0.1, 0.15) is 64.2 Å². The Labute approximate surface area is 127 Å². The summed E-state index contributed by atoms with van der Waals surface area (Å²) in [6.45, 7) is 0. The molecule has 0 bridgehead atoms. The fraction of sp³-hybridized carbons (Fsp3) is 0.875. The molecule has 2 fully saturated rings. The minimum Gasteiger partial charge on any atom is -0.481 e. The van der Waals surface area contributed by atoms with Crippen LogP contribution in [0, 0.1) is 5.92 Å². The second kappa shape index (κ2) is 7.66. The quantitative estimate of drug-likeness (QED) is 0.787. The van der Waals surface area contributed by atoms with Crippen molar-refractivity contribution in [1.29, 1.82) is 0 Å². The van der Waals surface area contributed by atoms with E-state index < -0.39 is 5.97 Å². The molecule has 0 saturated heterocycles. The number of carboxylic acid groups (broad SMARTS) is 1. The normalized spacial score (nSPS) is 27.7. The minimum atomic E-state index is -0.699. The monoisotopic (exact) mass is 296 g/mol. The average molecular weight is 296 g/mol. The van der Waals surface area contributed by atoms with Crippen molar-refractivity contribution in [3.8, 4) is 0 Å². The van der Waals surface area contributed by atoms with Crippen LogP contribution in [0.5, 0.6) is 0 Å². The fourth-order valence-corrected chi connectivity index (χ4v) is 3.57. The first-order chi connectivity index (χ1) is 10.1. The molecule has 0 aromatic carbocycles. The molecule has 2 saturated carbocycles. The number of amides is 2. The molecule has 5 heteroatoms. The van der Waals surface area contributed by atoms with Gasteiger partial charge in [0.2, 0.25) is 0 Å². The van der Waals surface area contributed by atoms with Crippen LogP contribution in [0.4, 0.5) is 4.79 Å². The van der Waals surface area contributed by atoms with Gasteiger partial charge in [0.05, 0.1) is 5.92 Å². The maximum atomic E-state index is 12.3. The lowest BCUT2D eigenvalue weighted by Gasteiger charge is -2.32. The summed E-state index contributed by atoms with van der Waals surface area (Å²) in [5, 5.41) is 12.1. The zero-order valence-electron chi connectivity index (χ0n) is 13.0. The lowest BCUT2D eigenvalue weighted by atomic mass is 9.86. The van der Waals surface area contributed by atoms with Crippen molar-refractivity contribution in [2.45, 2.75) is 76.3 Å². The zero-order valence-corrected chi connectivity index (χ0v) is 13.0. The standard InChI is InChI=1S/C16H28N2O3/c1-18(14-6-4-2-3-5-7-14)16(21)17-13-10-8-12(9-11-13)15(19)20/h12-14H,2-11H2,1H3,(H,17,21)(H,19,20).